The van der Waals surface area contributed by atoms with E-state index in [1.165, 1.54) is 6.07 Å². The van der Waals surface area contributed by atoms with Crippen molar-refractivity contribution in [2.24, 2.45) is 5.92 Å². The Kier molecular flexibility index (Phi) is 5.59. The highest BCUT2D eigenvalue weighted by atomic mass is 79.9. The standard InChI is InChI=1S/C18H16BrClF2N2O/c19-12-1-3-15(20)14(7-12)18(25)23-9-11-5-6-24(10-11)13-2-4-16(21)17(22)8-13/h1-4,7-8,11H,5-6,9-10H2,(H,23,25). The van der Waals surface area contributed by atoms with Crippen LogP contribution in [0.25, 0.3) is 0 Å². The van der Waals surface area contributed by atoms with Crippen LogP contribution in [0.2, 0.25) is 5.02 Å². The molecule has 132 valence electrons. The van der Waals surface area contributed by atoms with E-state index < -0.39 is 11.6 Å². The van der Waals surface area contributed by atoms with E-state index in [1.54, 1.807) is 24.3 Å². The third-order valence-electron chi connectivity index (χ3n) is 4.28. The van der Waals surface area contributed by atoms with Gasteiger partial charge in [0.1, 0.15) is 0 Å². The highest BCUT2D eigenvalue weighted by Gasteiger charge is 2.24. The summed E-state index contributed by atoms with van der Waals surface area (Å²) in [6.45, 7) is 1.92. The van der Waals surface area contributed by atoms with Gasteiger partial charge in [0.05, 0.1) is 10.6 Å². The molecule has 0 spiro atoms. The number of hydrogen-bond donors (Lipinski definition) is 1. The van der Waals surface area contributed by atoms with Crippen LogP contribution >= 0.6 is 27.5 Å². The quantitative estimate of drug-likeness (QED) is 0.768. The third kappa shape index (κ3) is 4.30. The van der Waals surface area contributed by atoms with Gasteiger partial charge in [0.15, 0.2) is 11.6 Å². The second-order valence-electron chi connectivity index (χ2n) is 6.03. The van der Waals surface area contributed by atoms with Gasteiger partial charge in [-0.15, -0.1) is 0 Å². The van der Waals surface area contributed by atoms with Crippen molar-refractivity contribution < 1.29 is 13.6 Å². The fraction of sp³-hybridized carbons (Fsp3) is 0.278. The Balaban J connectivity index is 1.57. The lowest BCUT2D eigenvalue weighted by Crippen LogP contribution is -2.31. The van der Waals surface area contributed by atoms with E-state index >= 15 is 0 Å². The Morgan fingerprint density at radius 3 is 2.80 bits per heavy atom. The Morgan fingerprint density at radius 2 is 2.04 bits per heavy atom. The molecular formula is C18H16BrClF2N2O. The third-order valence-corrected chi connectivity index (χ3v) is 5.10. The average Bonchev–Trinajstić information content (AvgIpc) is 3.06. The van der Waals surface area contributed by atoms with Crippen LogP contribution in [-0.2, 0) is 0 Å². The molecule has 3 nitrogen and oxygen atoms in total. The van der Waals surface area contributed by atoms with Crippen molar-refractivity contribution in [1.82, 2.24) is 5.32 Å². The maximum Gasteiger partial charge on any atom is 0.252 e. The Bertz CT molecular complexity index is 803. The molecule has 7 heteroatoms. The first-order valence-electron chi connectivity index (χ1n) is 7.87. The van der Waals surface area contributed by atoms with Crippen molar-refractivity contribution in [3.63, 3.8) is 0 Å². The molecule has 0 saturated carbocycles. The van der Waals surface area contributed by atoms with Crippen LogP contribution in [0.3, 0.4) is 0 Å². The molecule has 0 radical (unpaired) electrons. The molecule has 0 aromatic heterocycles. The van der Waals surface area contributed by atoms with Crippen LogP contribution < -0.4 is 10.2 Å². The predicted molar refractivity (Wildman–Crippen MR) is 98.2 cm³/mol. The molecule has 1 amide bonds. The van der Waals surface area contributed by atoms with Gasteiger partial charge < -0.3 is 10.2 Å². The number of amides is 1. The summed E-state index contributed by atoms with van der Waals surface area (Å²) < 4.78 is 27.2. The lowest BCUT2D eigenvalue weighted by molar-refractivity contribution is 0.0948. The summed E-state index contributed by atoms with van der Waals surface area (Å²) >= 11 is 9.39. The Hall–Kier alpha value is -1.66. The molecule has 0 aliphatic carbocycles. The van der Waals surface area contributed by atoms with Gasteiger partial charge in [-0.3, -0.25) is 4.79 Å². The summed E-state index contributed by atoms with van der Waals surface area (Å²) in [6.07, 6.45) is 0.867. The molecular weight excluding hydrogens is 414 g/mol. The van der Waals surface area contributed by atoms with Crippen molar-refractivity contribution in [2.75, 3.05) is 24.5 Å². The smallest absolute Gasteiger partial charge is 0.252 e. The van der Waals surface area contributed by atoms with E-state index in [9.17, 15) is 13.6 Å². The molecule has 1 N–H and O–H groups in total. The molecule has 3 rings (SSSR count). The minimum Gasteiger partial charge on any atom is -0.371 e. The number of nitrogens with one attached hydrogen (secondary N) is 1. The van der Waals surface area contributed by atoms with Crippen molar-refractivity contribution >= 4 is 39.1 Å². The maximum absolute atomic E-state index is 13.4. The zero-order valence-corrected chi connectivity index (χ0v) is 15.6. The summed E-state index contributed by atoms with van der Waals surface area (Å²) in [7, 11) is 0. The fourth-order valence-corrected chi connectivity index (χ4v) is 3.48. The van der Waals surface area contributed by atoms with E-state index in [1.807, 2.05) is 4.90 Å². The fourth-order valence-electron chi connectivity index (χ4n) is 2.92. The monoisotopic (exact) mass is 428 g/mol. The lowest BCUT2D eigenvalue weighted by Gasteiger charge is -2.19. The maximum atomic E-state index is 13.4. The number of carbonyl (C=O) groups excluding carboxylic acids is 1. The molecule has 2 aromatic rings. The molecule has 2 aromatic carbocycles. The average molecular weight is 430 g/mol. The first-order valence-corrected chi connectivity index (χ1v) is 9.04. The topological polar surface area (TPSA) is 32.3 Å². The van der Waals surface area contributed by atoms with Gasteiger partial charge in [0.25, 0.3) is 5.91 Å². The van der Waals surface area contributed by atoms with Gasteiger partial charge in [0, 0.05) is 35.9 Å². The number of carbonyl (C=O) groups is 1. The molecule has 1 heterocycles. The van der Waals surface area contributed by atoms with Crippen LogP contribution in [-0.4, -0.2) is 25.5 Å². The molecule has 1 aliphatic rings. The second kappa shape index (κ2) is 7.70. The van der Waals surface area contributed by atoms with Gasteiger partial charge in [-0.1, -0.05) is 27.5 Å². The highest BCUT2D eigenvalue weighted by molar-refractivity contribution is 9.10. The van der Waals surface area contributed by atoms with E-state index in [4.69, 9.17) is 11.6 Å². The second-order valence-corrected chi connectivity index (χ2v) is 7.36. The molecule has 0 bridgehead atoms. The predicted octanol–water partition coefficient (Wildman–Crippen LogP) is 4.64. The van der Waals surface area contributed by atoms with Crippen LogP contribution in [0.15, 0.2) is 40.9 Å². The van der Waals surface area contributed by atoms with Crippen LogP contribution in [0.1, 0.15) is 16.8 Å². The summed E-state index contributed by atoms with van der Waals surface area (Å²) in [5, 5.41) is 3.30. The number of halogens is 4. The van der Waals surface area contributed by atoms with Gasteiger partial charge in [-0.05, 0) is 42.7 Å². The summed E-state index contributed by atoms with van der Waals surface area (Å²) in [6, 6.07) is 9.03. The number of nitrogens with zero attached hydrogens (tertiary/aromatic N) is 1. The summed E-state index contributed by atoms with van der Waals surface area (Å²) in [4.78, 5) is 14.3. The van der Waals surface area contributed by atoms with Crippen molar-refractivity contribution in [1.29, 1.82) is 0 Å². The SMILES string of the molecule is O=C(NCC1CCN(c2ccc(F)c(F)c2)C1)c1cc(Br)ccc1Cl. The first-order chi connectivity index (χ1) is 11.9. The number of hydrogen-bond acceptors (Lipinski definition) is 2. The zero-order valence-electron chi connectivity index (χ0n) is 13.2. The zero-order chi connectivity index (χ0) is 18.0. The minimum absolute atomic E-state index is 0.224. The van der Waals surface area contributed by atoms with E-state index in [0.717, 1.165) is 23.5 Å². The van der Waals surface area contributed by atoms with Gasteiger partial charge >= 0.3 is 0 Å². The number of rotatable bonds is 4. The van der Waals surface area contributed by atoms with Crippen LogP contribution in [0.4, 0.5) is 14.5 Å². The van der Waals surface area contributed by atoms with Crippen molar-refractivity contribution in [3.8, 4) is 0 Å². The molecule has 1 unspecified atom stereocenters. The largest absolute Gasteiger partial charge is 0.371 e. The van der Waals surface area contributed by atoms with Crippen LogP contribution in [0, 0.1) is 17.6 Å². The van der Waals surface area contributed by atoms with Crippen molar-refractivity contribution in [3.05, 3.63) is 63.1 Å². The number of benzene rings is 2. The van der Waals surface area contributed by atoms with E-state index in [2.05, 4.69) is 21.2 Å². The lowest BCUT2D eigenvalue weighted by atomic mass is 10.1. The molecule has 1 saturated heterocycles. The molecule has 1 fully saturated rings. The molecule has 1 atom stereocenters. The van der Waals surface area contributed by atoms with E-state index in [0.29, 0.717) is 29.4 Å². The molecule has 1 aliphatic heterocycles. The number of anilines is 1. The van der Waals surface area contributed by atoms with Gasteiger partial charge in [0.2, 0.25) is 0 Å². The first kappa shape index (κ1) is 18.1. The Morgan fingerprint density at radius 1 is 1.24 bits per heavy atom. The Labute approximate surface area is 158 Å². The normalized spacial score (nSPS) is 17.0. The molecule has 25 heavy (non-hydrogen) atoms. The highest BCUT2D eigenvalue weighted by Crippen LogP contribution is 2.25. The summed E-state index contributed by atoms with van der Waals surface area (Å²) in [5.74, 6) is -1.68. The minimum atomic E-state index is -0.849. The van der Waals surface area contributed by atoms with Gasteiger partial charge in [-0.25, -0.2) is 8.78 Å². The van der Waals surface area contributed by atoms with Crippen LogP contribution in [0.5, 0.6) is 0 Å². The van der Waals surface area contributed by atoms with Crippen molar-refractivity contribution in [2.45, 2.75) is 6.42 Å². The van der Waals surface area contributed by atoms with E-state index in [-0.39, 0.29) is 11.8 Å². The summed E-state index contributed by atoms with van der Waals surface area (Å²) in [5.41, 5.74) is 1.08. The van der Waals surface area contributed by atoms with Gasteiger partial charge in [-0.2, -0.15) is 0 Å².